The molecular weight excluding hydrogens is 406 g/mol. The Kier molecular flexibility index (Phi) is 7.02. The van der Waals surface area contributed by atoms with Gasteiger partial charge in [0.25, 0.3) is 0 Å². The SMILES string of the molecule is CC(=Nc1c(C(C)C)cccc1C(C)C)c1cccc(C2=N[C@@H](Cc3ccccc3)CO2)n1. The highest BCUT2D eigenvalue weighted by Gasteiger charge is 2.22. The summed E-state index contributed by atoms with van der Waals surface area (Å²) in [5, 5.41) is 0. The third-order valence-electron chi connectivity index (χ3n) is 5.99. The van der Waals surface area contributed by atoms with Gasteiger partial charge in [0, 0.05) is 0 Å². The number of rotatable bonds is 7. The summed E-state index contributed by atoms with van der Waals surface area (Å²) < 4.78 is 5.93. The van der Waals surface area contributed by atoms with Crippen LogP contribution in [0.5, 0.6) is 0 Å². The maximum atomic E-state index is 5.93. The number of hydrogen-bond acceptors (Lipinski definition) is 4. The van der Waals surface area contributed by atoms with Crippen molar-refractivity contribution in [2.45, 2.75) is 58.9 Å². The standard InChI is InChI=1S/C29H33N3O/c1-19(2)24-13-9-14-25(20(3)4)28(24)30-21(5)26-15-10-16-27(32-26)29-31-23(18-33-29)17-22-11-7-6-8-12-22/h6-16,19-20,23H,17-18H2,1-5H3/t23-/m0/s1. The number of hydrogen-bond donors (Lipinski definition) is 0. The van der Waals surface area contributed by atoms with Gasteiger partial charge in [-0.25, -0.2) is 9.98 Å². The highest BCUT2D eigenvalue weighted by molar-refractivity contribution is 6.00. The molecule has 4 nitrogen and oxygen atoms in total. The first-order chi connectivity index (χ1) is 15.9. The van der Waals surface area contributed by atoms with Gasteiger partial charge in [0.1, 0.15) is 12.3 Å². The molecule has 0 N–H and O–H groups in total. The van der Waals surface area contributed by atoms with Crippen molar-refractivity contribution in [3.63, 3.8) is 0 Å². The molecule has 0 fully saturated rings. The summed E-state index contributed by atoms with van der Waals surface area (Å²) in [5.74, 6) is 1.42. The lowest BCUT2D eigenvalue weighted by Crippen LogP contribution is -2.10. The number of nitrogens with zero attached hydrogens (tertiary/aromatic N) is 3. The van der Waals surface area contributed by atoms with Crippen molar-refractivity contribution in [2.24, 2.45) is 9.98 Å². The van der Waals surface area contributed by atoms with Crippen molar-refractivity contribution in [1.82, 2.24) is 4.98 Å². The van der Waals surface area contributed by atoms with Crippen molar-refractivity contribution >= 4 is 17.3 Å². The number of aromatic nitrogens is 1. The van der Waals surface area contributed by atoms with Gasteiger partial charge >= 0.3 is 0 Å². The molecule has 170 valence electrons. The Morgan fingerprint density at radius 3 is 2.24 bits per heavy atom. The minimum absolute atomic E-state index is 0.120. The summed E-state index contributed by atoms with van der Waals surface area (Å²) >= 11 is 0. The van der Waals surface area contributed by atoms with Gasteiger partial charge in [-0.15, -0.1) is 0 Å². The van der Waals surface area contributed by atoms with E-state index in [4.69, 9.17) is 19.7 Å². The molecule has 4 rings (SSSR count). The molecule has 0 amide bonds. The van der Waals surface area contributed by atoms with Gasteiger partial charge in [-0.05, 0) is 54.0 Å². The molecule has 1 aliphatic heterocycles. The number of para-hydroxylation sites is 1. The van der Waals surface area contributed by atoms with E-state index in [-0.39, 0.29) is 6.04 Å². The normalized spacial score (nSPS) is 16.3. The van der Waals surface area contributed by atoms with Gasteiger partial charge in [0.2, 0.25) is 5.90 Å². The van der Waals surface area contributed by atoms with E-state index in [1.54, 1.807) is 0 Å². The van der Waals surface area contributed by atoms with E-state index >= 15 is 0 Å². The molecular formula is C29H33N3O. The summed E-state index contributed by atoms with van der Waals surface area (Å²) in [7, 11) is 0. The van der Waals surface area contributed by atoms with E-state index < -0.39 is 0 Å². The zero-order valence-electron chi connectivity index (χ0n) is 20.2. The molecule has 0 bridgehead atoms. The predicted molar refractivity (Wildman–Crippen MR) is 137 cm³/mol. The Hall–Kier alpha value is -3.27. The van der Waals surface area contributed by atoms with Crippen LogP contribution in [-0.2, 0) is 11.2 Å². The Morgan fingerprint density at radius 1 is 0.909 bits per heavy atom. The predicted octanol–water partition coefficient (Wildman–Crippen LogP) is 6.86. The first-order valence-corrected chi connectivity index (χ1v) is 11.8. The lowest BCUT2D eigenvalue weighted by atomic mass is 9.93. The zero-order chi connectivity index (χ0) is 23.4. The smallest absolute Gasteiger partial charge is 0.235 e. The third kappa shape index (κ3) is 5.39. The molecule has 0 spiro atoms. The van der Waals surface area contributed by atoms with E-state index in [1.165, 1.54) is 16.7 Å². The fourth-order valence-electron chi connectivity index (χ4n) is 4.17. The Morgan fingerprint density at radius 2 is 1.58 bits per heavy atom. The van der Waals surface area contributed by atoms with E-state index in [0.29, 0.717) is 24.3 Å². The van der Waals surface area contributed by atoms with Gasteiger partial charge in [-0.2, -0.15) is 0 Å². The first-order valence-electron chi connectivity index (χ1n) is 11.8. The number of ether oxygens (including phenoxy) is 1. The molecule has 33 heavy (non-hydrogen) atoms. The van der Waals surface area contributed by atoms with E-state index in [0.717, 1.165) is 29.2 Å². The minimum atomic E-state index is 0.120. The Bertz CT molecular complexity index is 1140. The molecule has 1 atom stereocenters. The van der Waals surface area contributed by atoms with Gasteiger partial charge in [0.15, 0.2) is 0 Å². The lowest BCUT2D eigenvalue weighted by molar-refractivity contribution is 0.316. The lowest BCUT2D eigenvalue weighted by Gasteiger charge is -2.17. The summed E-state index contributed by atoms with van der Waals surface area (Å²) in [4.78, 5) is 14.7. The number of benzene rings is 2. The molecule has 0 unspecified atom stereocenters. The van der Waals surface area contributed by atoms with Crippen LogP contribution in [0.3, 0.4) is 0 Å². The molecule has 0 aliphatic carbocycles. The molecule has 0 radical (unpaired) electrons. The Balaban J connectivity index is 1.61. The average Bonchev–Trinajstić information content (AvgIpc) is 3.28. The van der Waals surface area contributed by atoms with Crippen molar-refractivity contribution in [1.29, 1.82) is 0 Å². The van der Waals surface area contributed by atoms with Crippen LogP contribution in [-0.4, -0.2) is 29.2 Å². The van der Waals surface area contributed by atoms with Crippen molar-refractivity contribution in [3.8, 4) is 0 Å². The van der Waals surface area contributed by atoms with Crippen LogP contribution in [0.2, 0.25) is 0 Å². The van der Waals surface area contributed by atoms with E-state index in [2.05, 4.69) is 70.2 Å². The summed E-state index contributed by atoms with van der Waals surface area (Å²) in [5.41, 5.74) is 7.38. The number of pyridine rings is 1. The molecule has 3 aromatic rings. The molecule has 1 aliphatic rings. The minimum Gasteiger partial charge on any atom is -0.474 e. The summed E-state index contributed by atoms with van der Waals surface area (Å²) in [6.07, 6.45) is 0.870. The average molecular weight is 440 g/mol. The molecule has 4 heteroatoms. The highest BCUT2D eigenvalue weighted by Crippen LogP contribution is 2.35. The van der Waals surface area contributed by atoms with Crippen LogP contribution in [0.25, 0.3) is 0 Å². The second kappa shape index (κ2) is 10.1. The van der Waals surface area contributed by atoms with Crippen molar-refractivity contribution in [2.75, 3.05) is 6.61 Å². The Labute approximate surface area is 197 Å². The zero-order valence-corrected chi connectivity index (χ0v) is 20.2. The number of aliphatic imine (C=N–C) groups is 2. The topological polar surface area (TPSA) is 46.8 Å². The van der Waals surface area contributed by atoms with Crippen LogP contribution in [0.15, 0.2) is 76.7 Å². The van der Waals surface area contributed by atoms with Crippen molar-refractivity contribution in [3.05, 3.63) is 94.8 Å². The van der Waals surface area contributed by atoms with Gasteiger partial charge < -0.3 is 4.74 Å². The third-order valence-corrected chi connectivity index (χ3v) is 5.99. The second-order valence-corrected chi connectivity index (χ2v) is 9.29. The molecule has 0 saturated heterocycles. The fraction of sp³-hybridized carbons (Fsp3) is 0.345. The summed E-state index contributed by atoms with van der Waals surface area (Å²) in [6, 6.07) is 23.0. The van der Waals surface area contributed by atoms with E-state index in [1.807, 2.05) is 31.2 Å². The second-order valence-electron chi connectivity index (χ2n) is 9.29. The molecule has 0 saturated carbocycles. The van der Waals surface area contributed by atoms with E-state index in [9.17, 15) is 0 Å². The highest BCUT2D eigenvalue weighted by atomic mass is 16.5. The molecule has 1 aromatic heterocycles. The van der Waals surface area contributed by atoms with Crippen LogP contribution >= 0.6 is 0 Å². The molecule has 2 heterocycles. The first kappa shape index (κ1) is 22.9. The van der Waals surface area contributed by atoms with Crippen LogP contribution in [0.4, 0.5) is 5.69 Å². The van der Waals surface area contributed by atoms with Crippen LogP contribution in [0.1, 0.15) is 74.5 Å². The van der Waals surface area contributed by atoms with Gasteiger partial charge in [-0.3, -0.25) is 4.99 Å². The van der Waals surface area contributed by atoms with Gasteiger partial charge in [-0.1, -0.05) is 82.3 Å². The maximum absolute atomic E-state index is 5.93. The monoisotopic (exact) mass is 439 g/mol. The summed E-state index contributed by atoms with van der Waals surface area (Å²) in [6.45, 7) is 11.5. The largest absolute Gasteiger partial charge is 0.474 e. The van der Waals surface area contributed by atoms with Gasteiger partial charge in [0.05, 0.1) is 23.1 Å². The molecule has 2 aromatic carbocycles. The van der Waals surface area contributed by atoms with Crippen LogP contribution in [0, 0.1) is 0 Å². The quantitative estimate of drug-likeness (QED) is 0.378. The van der Waals surface area contributed by atoms with Crippen molar-refractivity contribution < 1.29 is 4.74 Å². The maximum Gasteiger partial charge on any atom is 0.235 e. The fourth-order valence-corrected chi connectivity index (χ4v) is 4.17. The van der Waals surface area contributed by atoms with Crippen LogP contribution < -0.4 is 0 Å².